The van der Waals surface area contributed by atoms with Crippen molar-refractivity contribution in [3.05, 3.63) is 27.7 Å². The van der Waals surface area contributed by atoms with Crippen molar-refractivity contribution in [3.8, 4) is 0 Å². The summed E-state index contributed by atoms with van der Waals surface area (Å²) in [7, 11) is 0. The molecule has 2 atom stereocenters. The summed E-state index contributed by atoms with van der Waals surface area (Å²) in [5, 5.41) is 4.32. The third-order valence-electron chi connectivity index (χ3n) is 3.01. The molecule has 1 aliphatic carbocycles. The van der Waals surface area contributed by atoms with Crippen LogP contribution in [0.1, 0.15) is 26.2 Å². The summed E-state index contributed by atoms with van der Waals surface area (Å²) in [5.41, 5.74) is 1.11. The molecule has 0 heterocycles. The maximum Gasteiger partial charge on any atom is 0.0593 e. The molecular weight excluding hydrogens is 273 g/mol. The molecule has 1 aromatic carbocycles. The Balaban J connectivity index is 2.07. The summed E-state index contributed by atoms with van der Waals surface area (Å²) in [6, 6.07) is 6.55. The smallest absolute Gasteiger partial charge is 0.0593 e. The van der Waals surface area contributed by atoms with Gasteiger partial charge in [-0.3, -0.25) is 0 Å². The monoisotopic (exact) mass is 287 g/mol. The number of halogens is 2. The maximum absolute atomic E-state index is 6.04. The van der Waals surface area contributed by atoms with Crippen LogP contribution in [0.5, 0.6) is 0 Å². The molecule has 0 aliphatic heterocycles. The van der Waals surface area contributed by atoms with E-state index in [4.69, 9.17) is 11.6 Å². The molecule has 1 nitrogen and oxygen atoms in total. The van der Waals surface area contributed by atoms with Crippen molar-refractivity contribution in [2.45, 2.75) is 32.2 Å². The van der Waals surface area contributed by atoms with E-state index in [1.54, 1.807) is 0 Å². The van der Waals surface area contributed by atoms with Gasteiger partial charge in [-0.15, -0.1) is 0 Å². The highest BCUT2D eigenvalue weighted by Crippen LogP contribution is 2.33. The van der Waals surface area contributed by atoms with Gasteiger partial charge in [0.15, 0.2) is 0 Å². The zero-order valence-corrected chi connectivity index (χ0v) is 11.1. The molecule has 3 heteroatoms. The molecule has 1 saturated carbocycles. The first-order valence-corrected chi connectivity index (χ1v) is 6.54. The van der Waals surface area contributed by atoms with E-state index in [-0.39, 0.29) is 0 Å². The third-order valence-corrected chi connectivity index (χ3v) is 4.40. The minimum Gasteiger partial charge on any atom is -0.381 e. The zero-order chi connectivity index (χ0) is 10.8. The van der Waals surface area contributed by atoms with Crippen LogP contribution in [0.4, 0.5) is 5.69 Å². The zero-order valence-electron chi connectivity index (χ0n) is 8.76. The Morgan fingerprint density at radius 3 is 2.87 bits per heavy atom. The normalized spacial score (nSPS) is 25.5. The topological polar surface area (TPSA) is 12.0 Å². The lowest BCUT2D eigenvalue weighted by atomic mass is 10.1. The van der Waals surface area contributed by atoms with Gasteiger partial charge in [0, 0.05) is 6.04 Å². The lowest BCUT2D eigenvalue weighted by molar-refractivity contribution is 0.602. The second-order valence-corrected chi connectivity index (χ2v) is 5.56. The van der Waals surface area contributed by atoms with Crippen LogP contribution in [0.3, 0.4) is 0 Å². The van der Waals surface area contributed by atoms with Crippen LogP contribution >= 0.6 is 27.5 Å². The number of rotatable bonds is 2. The highest BCUT2D eigenvalue weighted by atomic mass is 79.9. The summed E-state index contributed by atoms with van der Waals surface area (Å²) in [6.45, 7) is 2.31. The molecule has 0 radical (unpaired) electrons. The van der Waals surface area contributed by atoms with Crippen LogP contribution in [0.2, 0.25) is 5.02 Å². The predicted molar refractivity (Wildman–Crippen MR) is 69.6 cm³/mol. The molecule has 0 amide bonds. The van der Waals surface area contributed by atoms with Crippen molar-refractivity contribution in [2.75, 3.05) is 5.32 Å². The van der Waals surface area contributed by atoms with Crippen LogP contribution in [-0.4, -0.2) is 6.04 Å². The highest BCUT2D eigenvalue weighted by molar-refractivity contribution is 9.10. The molecule has 1 N–H and O–H groups in total. The summed E-state index contributed by atoms with van der Waals surface area (Å²) < 4.78 is 0.978. The molecule has 15 heavy (non-hydrogen) atoms. The van der Waals surface area contributed by atoms with Gasteiger partial charge in [0.05, 0.1) is 15.2 Å². The lowest BCUT2D eigenvalue weighted by Crippen LogP contribution is -2.15. The van der Waals surface area contributed by atoms with Crippen LogP contribution in [0, 0.1) is 5.92 Å². The second-order valence-electron chi connectivity index (χ2n) is 4.36. The SMILES string of the molecule is CC1CCC(Nc2cccc(Cl)c2Br)C1. The number of benzene rings is 1. The van der Waals surface area contributed by atoms with Gasteiger partial charge in [-0.25, -0.2) is 0 Å². The van der Waals surface area contributed by atoms with Gasteiger partial charge in [-0.2, -0.15) is 0 Å². The molecule has 0 saturated heterocycles. The summed E-state index contributed by atoms with van der Waals surface area (Å²) in [4.78, 5) is 0. The first kappa shape index (κ1) is 11.3. The fourth-order valence-electron chi connectivity index (χ4n) is 2.17. The van der Waals surface area contributed by atoms with Gasteiger partial charge in [-0.05, 0) is 53.2 Å². The minimum atomic E-state index is 0.606. The number of nitrogens with one attached hydrogen (secondary N) is 1. The van der Waals surface area contributed by atoms with Crippen molar-refractivity contribution in [2.24, 2.45) is 5.92 Å². The molecule has 2 rings (SSSR count). The molecular formula is C12H15BrClN. The molecule has 1 aliphatic rings. The van der Waals surface area contributed by atoms with Crippen LogP contribution in [0.15, 0.2) is 22.7 Å². The molecule has 0 bridgehead atoms. The average molecular weight is 289 g/mol. The number of hydrogen-bond acceptors (Lipinski definition) is 1. The maximum atomic E-state index is 6.04. The van der Waals surface area contributed by atoms with E-state index in [0.29, 0.717) is 6.04 Å². The third kappa shape index (κ3) is 2.67. The Morgan fingerprint density at radius 1 is 1.40 bits per heavy atom. The van der Waals surface area contributed by atoms with E-state index < -0.39 is 0 Å². The fraction of sp³-hybridized carbons (Fsp3) is 0.500. The van der Waals surface area contributed by atoms with E-state index in [2.05, 4.69) is 34.2 Å². The van der Waals surface area contributed by atoms with Crippen molar-refractivity contribution in [1.29, 1.82) is 0 Å². The van der Waals surface area contributed by atoms with Crippen LogP contribution in [0.25, 0.3) is 0 Å². The van der Waals surface area contributed by atoms with E-state index in [0.717, 1.165) is 21.1 Å². The van der Waals surface area contributed by atoms with E-state index in [1.807, 2.05) is 12.1 Å². The van der Waals surface area contributed by atoms with Gasteiger partial charge < -0.3 is 5.32 Å². The number of hydrogen-bond donors (Lipinski definition) is 1. The molecule has 1 fully saturated rings. The summed E-state index contributed by atoms with van der Waals surface area (Å²) in [6.07, 6.45) is 3.86. The van der Waals surface area contributed by atoms with E-state index in [1.165, 1.54) is 19.3 Å². The summed E-state index contributed by atoms with van der Waals surface area (Å²) in [5.74, 6) is 0.848. The molecule has 1 aromatic rings. The quantitative estimate of drug-likeness (QED) is 0.831. The second kappa shape index (κ2) is 4.75. The van der Waals surface area contributed by atoms with Crippen molar-refractivity contribution in [1.82, 2.24) is 0 Å². The van der Waals surface area contributed by atoms with Gasteiger partial charge in [-0.1, -0.05) is 24.6 Å². The largest absolute Gasteiger partial charge is 0.381 e. The Morgan fingerprint density at radius 2 is 2.20 bits per heavy atom. The van der Waals surface area contributed by atoms with Crippen molar-refractivity contribution in [3.63, 3.8) is 0 Å². The Labute approximate surface area is 104 Å². The fourth-order valence-corrected chi connectivity index (χ4v) is 2.73. The van der Waals surface area contributed by atoms with Crippen molar-refractivity contribution < 1.29 is 0 Å². The minimum absolute atomic E-state index is 0.606. The van der Waals surface area contributed by atoms with Crippen LogP contribution < -0.4 is 5.32 Å². The van der Waals surface area contributed by atoms with Gasteiger partial charge >= 0.3 is 0 Å². The van der Waals surface area contributed by atoms with Crippen LogP contribution in [-0.2, 0) is 0 Å². The first-order chi connectivity index (χ1) is 7.16. The van der Waals surface area contributed by atoms with E-state index in [9.17, 15) is 0 Å². The molecule has 0 spiro atoms. The highest BCUT2D eigenvalue weighted by Gasteiger charge is 2.21. The standard InChI is InChI=1S/C12H15BrClN/c1-8-5-6-9(7-8)15-11-4-2-3-10(14)12(11)13/h2-4,8-9,15H,5-7H2,1H3. The average Bonchev–Trinajstić information content (AvgIpc) is 2.59. The molecule has 2 unspecified atom stereocenters. The summed E-state index contributed by atoms with van der Waals surface area (Å²) >= 11 is 9.55. The van der Waals surface area contributed by atoms with Gasteiger partial charge in [0.25, 0.3) is 0 Å². The lowest BCUT2D eigenvalue weighted by Gasteiger charge is -2.15. The van der Waals surface area contributed by atoms with Gasteiger partial charge in [0.1, 0.15) is 0 Å². The molecule has 0 aromatic heterocycles. The van der Waals surface area contributed by atoms with Crippen molar-refractivity contribution >= 4 is 33.2 Å². The Hall–Kier alpha value is -0.210. The first-order valence-electron chi connectivity index (χ1n) is 5.37. The Bertz CT molecular complexity index is 353. The molecule has 82 valence electrons. The Kier molecular flexibility index (Phi) is 3.57. The van der Waals surface area contributed by atoms with Gasteiger partial charge in [0.2, 0.25) is 0 Å². The predicted octanol–water partition coefficient (Wildman–Crippen LogP) is 4.70. The number of anilines is 1. The van der Waals surface area contributed by atoms with E-state index >= 15 is 0 Å².